The fourth-order valence-electron chi connectivity index (χ4n) is 1.18. The van der Waals surface area contributed by atoms with Crippen LogP contribution in [-0.4, -0.2) is 36.2 Å². The Labute approximate surface area is 82.4 Å². The van der Waals surface area contributed by atoms with Crippen LogP contribution in [-0.2, 0) is 14.3 Å². The number of carbonyl (C=O) groups excluding carboxylic acids is 1. The van der Waals surface area contributed by atoms with Crippen molar-refractivity contribution in [1.29, 1.82) is 0 Å². The SMILES string of the molecule is CC1(C)CC1NC(=O)COCC(=O)O. The third-order valence-corrected chi connectivity index (χ3v) is 2.31. The summed E-state index contributed by atoms with van der Waals surface area (Å²) < 4.78 is 4.64. The van der Waals surface area contributed by atoms with Crippen molar-refractivity contribution >= 4 is 11.9 Å². The molecule has 1 fully saturated rings. The molecule has 80 valence electrons. The Kier molecular flexibility index (Phi) is 3.10. The van der Waals surface area contributed by atoms with Gasteiger partial charge >= 0.3 is 5.97 Å². The van der Waals surface area contributed by atoms with Crippen molar-refractivity contribution in [3.63, 3.8) is 0 Å². The number of carboxylic acids is 1. The maximum atomic E-state index is 11.1. The van der Waals surface area contributed by atoms with E-state index in [4.69, 9.17) is 5.11 Å². The van der Waals surface area contributed by atoms with Crippen LogP contribution in [0.25, 0.3) is 0 Å². The van der Waals surface area contributed by atoms with Crippen LogP contribution in [0.2, 0.25) is 0 Å². The number of aliphatic carboxylic acids is 1. The number of hydrogen-bond donors (Lipinski definition) is 2. The number of nitrogens with one attached hydrogen (secondary N) is 1. The zero-order valence-electron chi connectivity index (χ0n) is 8.37. The Morgan fingerprint density at radius 1 is 1.50 bits per heavy atom. The van der Waals surface area contributed by atoms with Crippen molar-refractivity contribution in [2.24, 2.45) is 5.41 Å². The van der Waals surface area contributed by atoms with E-state index in [-0.39, 0.29) is 24.0 Å². The molecule has 0 saturated heterocycles. The second kappa shape index (κ2) is 3.96. The highest BCUT2D eigenvalue weighted by atomic mass is 16.5. The maximum Gasteiger partial charge on any atom is 0.329 e. The molecule has 5 heteroatoms. The zero-order valence-corrected chi connectivity index (χ0v) is 8.37. The second-order valence-corrected chi connectivity index (χ2v) is 4.20. The highest BCUT2D eigenvalue weighted by molar-refractivity contribution is 5.78. The van der Waals surface area contributed by atoms with E-state index in [9.17, 15) is 9.59 Å². The van der Waals surface area contributed by atoms with Gasteiger partial charge in [-0.2, -0.15) is 0 Å². The van der Waals surface area contributed by atoms with Crippen molar-refractivity contribution in [3.05, 3.63) is 0 Å². The van der Waals surface area contributed by atoms with Gasteiger partial charge in [0.25, 0.3) is 0 Å². The molecule has 0 spiro atoms. The zero-order chi connectivity index (χ0) is 10.8. The van der Waals surface area contributed by atoms with Gasteiger partial charge in [0.05, 0.1) is 0 Å². The van der Waals surface area contributed by atoms with Crippen molar-refractivity contribution in [2.75, 3.05) is 13.2 Å². The molecule has 0 radical (unpaired) electrons. The summed E-state index contributed by atoms with van der Waals surface area (Å²) >= 11 is 0. The first-order valence-electron chi connectivity index (χ1n) is 4.51. The molecule has 1 atom stereocenters. The fraction of sp³-hybridized carbons (Fsp3) is 0.778. The Balaban J connectivity index is 2.09. The van der Waals surface area contributed by atoms with Crippen LogP contribution >= 0.6 is 0 Å². The van der Waals surface area contributed by atoms with Gasteiger partial charge in [-0.3, -0.25) is 4.79 Å². The summed E-state index contributed by atoms with van der Waals surface area (Å²) in [5.74, 6) is -1.31. The second-order valence-electron chi connectivity index (χ2n) is 4.20. The molecule has 1 saturated carbocycles. The number of amides is 1. The van der Waals surface area contributed by atoms with Gasteiger partial charge < -0.3 is 15.2 Å². The van der Waals surface area contributed by atoms with E-state index in [0.717, 1.165) is 6.42 Å². The van der Waals surface area contributed by atoms with Gasteiger partial charge in [-0.15, -0.1) is 0 Å². The van der Waals surface area contributed by atoms with E-state index >= 15 is 0 Å². The van der Waals surface area contributed by atoms with Crippen LogP contribution < -0.4 is 5.32 Å². The molecule has 2 N–H and O–H groups in total. The van der Waals surface area contributed by atoms with Crippen molar-refractivity contribution < 1.29 is 19.4 Å². The van der Waals surface area contributed by atoms with Crippen molar-refractivity contribution in [2.45, 2.75) is 26.3 Å². The maximum absolute atomic E-state index is 11.1. The Morgan fingerprint density at radius 3 is 2.50 bits per heavy atom. The quantitative estimate of drug-likeness (QED) is 0.656. The summed E-state index contributed by atoms with van der Waals surface area (Å²) in [4.78, 5) is 21.2. The lowest BCUT2D eigenvalue weighted by Gasteiger charge is -2.06. The summed E-state index contributed by atoms with van der Waals surface area (Å²) in [5, 5.41) is 11.0. The van der Waals surface area contributed by atoms with Gasteiger partial charge in [-0.1, -0.05) is 13.8 Å². The van der Waals surface area contributed by atoms with E-state index in [0.29, 0.717) is 0 Å². The van der Waals surface area contributed by atoms with Gasteiger partial charge in [0.2, 0.25) is 5.91 Å². The van der Waals surface area contributed by atoms with E-state index in [1.165, 1.54) is 0 Å². The lowest BCUT2D eigenvalue weighted by atomic mass is 10.2. The molecule has 0 aromatic rings. The average Bonchev–Trinajstić information content (AvgIpc) is 2.57. The number of ether oxygens (including phenoxy) is 1. The Hall–Kier alpha value is -1.10. The topological polar surface area (TPSA) is 75.6 Å². The summed E-state index contributed by atoms with van der Waals surface area (Å²) in [6.45, 7) is 3.52. The summed E-state index contributed by atoms with van der Waals surface area (Å²) in [6, 6.07) is 0.212. The van der Waals surface area contributed by atoms with Crippen LogP contribution in [0.3, 0.4) is 0 Å². The molecule has 0 aliphatic heterocycles. The number of carboxylic acid groups (broad SMARTS) is 1. The molecule has 1 amide bonds. The van der Waals surface area contributed by atoms with Gasteiger partial charge in [0, 0.05) is 6.04 Å². The molecule has 0 heterocycles. The normalized spacial score (nSPS) is 22.9. The first-order valence-corrected chi connectivity index (χ1v) is 4.51. The highest BCUT2D eigenvalue weighted by Gasteiger charge is 2.46. The van der Waals surface area contributed by atoms with Crippen LogP contribution in [0.1, 0.15) is 20.3 Å². The predicted molar refractivity (Wildman–Crippen MR) is 48.8 cm³/mol. The van der Waals surface area contributed by atoms with E-state index in [1.807, 2.05) is 0 Å². The van der Waals surface area contributed by atoms with Crippen molar-refractivity contribution in [1.82, 2.24) is 5.32 Å². The summed E-state index contributed by atoms with van der Waals surface area (Å²) in [6.07, 6.45) is 0.970. The third kappa shape index (κ3) is 3.33. The minimum Gasteiger partial charge on any atom is -0.480 e. The predicted octanol–water partition coefficient (Wildman–Crippen LogP) is 0.00230. The molecule has 5 nitrogen and oxygen atoms in total. The lowest BCUT2D eigenvalue weighted by molar-refractivity contribution is -0.143. The molecule has 14 heavy (non-hydrogen) atoms. The lowest BCUT2D eigenvalue weighted by Crippen LogP contribution is -2.32. The molecule has 1 aliphatic rings. The Bertz CT molecular complexity index is 249. The van der Waals surface area contributed by atoms with Crippen LogP contribution in [0, 0.1) is 5.41 Å². The molecule has 1 aliphatic carbocycles. The molecular formula is C9H15NO4. The van der Waals surface area contributed by atoms with Crippen LogP contribution in [0.5, 0.6) is 0 Å². The largest absolute Gasteiger partial charge is 0.480 e. The van der Waals surface area contributed by atoms with Gasteiger partial charge in [0.1, 0.15) is 13.2 Å². The number of carbonyl (C=O) groups is 2. The van der Waals surface area contributed by atoms with E-state index < -0.39 is 12.6 Å². The Morgan fingerprint density at radius 2 is 2.07 bits per heavy atom. The van der Waals surface area contributed by atoms with Crippen molar-refractivity contribution in [3.8, 4) is 0 Å². The van der Waals surface area contributed by atoms with Gasteiger partial charge in [-0.05, 0) is 11.8 Å². The first-order chi connectivity index (χ1) is 6.42. The molecule has 1 unspecified atom stereocenters. The molecular weight excluding hydrogens is 186 g/mol. The fourth-order valence-corrected chi connectivity index (χ4v) is 1.18. The number of rotatable bonds is 5. The molecule has 0 aromatic carbocycles. The monoisotopic (exact) mass is 201 g/mol. The molecule has 0 aromatic heterocycles. The smallest absolute Gasteiger partial charge is 0.329 e. The van der Waals surface area contributed by atoms with Crippen LogP contribution in [0.15, 0.2) is 0 Å². The minimum atomic E-state index is -1.07. The van der Waals surface area contributed by atoms with E-state index in [1.54, 1.807) is 0 Å². The standard InChI is InChI=1S/C9H15NO4/c1-9(2)3-6(9)10-7(11)4-14-5-8(12)13/h6H,3-5H2,1-2H3,(H,10,11)(H,12,13). The average molecular weight is 201 g/mol. The van der Waals surface area contributed by atoms with Crippen LogP contribution in [0.4, 0.5) is 0 Å². The molecule has 0 bridgehead atoms. The molecule has 1 rings (SSSR count). The van der Waals surface area contributed by atoms with E-state index in [2.05, 4.69) is 23.9 Å². The summed E-state index contributed by atoms with van der Waals surface area (Å²) in [5.41, 5.74) is 0.183. The number of hydrogen-bond acceptors (Lipinski definition) is 3. The first kappa shape index (κ1) is 11.0. The minimum absolute atomic E-state index is 0.182. The third-order valence-electron chi connectivity index (χ3n) is 2.31. The highest BCUT2D eigenvalue weighted by Crippen LogP contribution is 2.44. The van der Waals surface area contributed by atoms with Gasteiger partial charge in [0.15, 0.2) is 0 Å². The van der Waals surface area contributed by atoms with Gasteiger partial charge in [-0.25, -0.2) is 4.79 Å². The summed E-state index contributed by atoms with van der Waals surface area (Å²) in [7, 11) is 0.